The highest BCUT2D eigenvalue weighted by atomic mass is 16.4. The standard InChI is InChI=1S/C44H77N19O11/c45-14-3-1-8-26(50)36(66)62-35(33(64)21-49)41(71)59-28(13-17-48)37(67)55-23-34(65)57-29(10-5-16-47)42(72)63-19-7-12-32(63)40(70)61-31(20-25-22-53-24-56-25)39(69)58-27(9-2-4-15-46)38(68)60-30(43(73)74)11-6-18-54-44(51)52/h11,22,24,26-28,31-33,35,64H,1-10,12-21,23,45-50H2,(H,53,56)(H,55,67)(H,58,69)(H,59,71)(H,60,68)(H,61,70)(H,62,66)(H,73,74)(H4,51,52,54)/b30-11-,57-29?/t26-,27-,28-,31-,32-,33-,35-/m0/s1. The number of guanidine groups is 1. The van der Waals surface area contributed by atoms with Crippen LogP contribution in [-0.4, -0.2) is 185 Å². The largest absolute Gasteiger partial charge is 0.477 e. The molecule has 414 valence electrons. The molecule has 0 spiro atoms. The minimum Gasteiger partial charge on any atom is -0.477 e. The number of aliphatic imine (C=N–C) groups is 2. The number of nitrogens with zero attached hydrogens (tertiary/aromatic N) is 4. The van der Waals surface area contributed by atoms with Crippen LogP contribution in [0.1, 0.15) is 82.7 Å². The van der Waals surface area contributed by atoms with E-state index in [0.717, 1.165) is 0 Å². The first-order valence-corrected chi connectivity index (χ1v) is 24.4. The molecule has 1 aliphatic heterocycles. The third kappa shape index (κ3) is 22.4. The molecule has 1 saturated heterocycles. The summed E-state index contributed by atoms with van der Waals surface area (Å²) in [4.78, 5) is 136. The van der Waals surface area contributed by atoms with Crippen molar-refractivity contribution in [3.8, 4) is 0 Å². The summed E-state index contributed by atoms with van der Waals surface area (Å²) >= 11 is 0. The topological polar surface area (TPSA) is 531 Å². The van der Waals surface area contributed by atoms with E-state index in [-0.39, 0.29) is 95.8 Å². The number of hydrogen-bond donors (Lipinski definition) is 17. The lowest BCUT2D eigenvalue weighted by Gasteiger charge is -2.27. The van der Waals surface area contributed by atoms with Gasteiger partial charge in [0.15, 0.2) is 5.96 Å². The second kappa shape index (κ2) is 34.5. The van der Waals surface area contributed by atoms with E-state index < -0.39 is 114 Å². The number of aliphatic hydroxyl groups excluding tert-OH is 1. The number of aliphatic hydroxyl groups is 1. The molecular formula is C44H77N19O11. The quantitative estimate of drug-likeness (QED) is 0.0130. The minimum atomic E-state index is -1.61. The zero-order valence-corrected chi connectivity index (χ0v) is 41.6. The van der Waals surface area contributed by atoms with E-state index in [1.54, 1.807) is 0 Å². The third-order valence-electron chi connectivity index (χ3n) is 11.4. The molecule has 0 bridgehead atoms. The molecule has 1 aromatic rings. The Hall–Kier alpha value is -6.96. The summed E-state index contributed by atoms with van der Waals surface area (Å²) in [6.07, 6.45) is 4.98. The number of carboxylic acids is 1. The van der Waals surface area contributed by atoms with Crippen LogP contribution in [0.25, 0.3) is 0 Å². The summed E-state index contributed by atoms with van der Waals surface area (Å²) < 4.78 is 0. The normalized spacial score (nSPS) is 16.1. The Kier molecular flexibility index (Phi) is 29.4. The summed E-state index contributed by atoms with van der Waals surface area (Å²) in [5.74, 6) is -8.52. The smallest absolute Gasteiger partial charge is 0.352 e. The molecule has 8 amide bonds. The van der Waals surface area contributed by atoms with Crippen molar-refractivity contribution >= 4 is 64.9 Å². The summed E-state index contributed by atoms with van der Waals surface area (Å²) in [5.41, 5.74) is 44.5. The second-order valence-electron chi connectivity index (χ2n) is 17.2. The number of likely N-dealkylation sites (tertiary alicyclic amines) is 1. The number of aromatic nitrogens is 2. The van der Waals surface area contributed by atoms with Crippen LogP contribution in [0.5, 0.6) is 0 Å². The fraction of sp³-hybridized carbons (Fsp3) is 0.636. The van der Waals surface area contributed by atoms with Crippen molar-refractivity contribution in [2.75, 3.05) is 52.4 Å². The highest BCUT2D eigenvalue weighted by Gasteiger charge is 2.39. The molecule has 7 atom stereocenters. The Balaban J connectivity index is 2.29. The molecule has 1 fully saturated rings. The van der Waals surface area contributed by atoms with E-state index in [9.17, 15) is 53.4 Å². The monoisotopic (exact) mass is 1050 g/mol. The molecule has 25 N–H and O–H groups in total. The van der Waals surface area contributed by atoms with Crippen LogP contribution in [0.3, 0.4) is 0 Å². The van der Waals surface area contributed by atoms with Gasteiger partial charge in [-0.3, -0.25) is 43.3 Å². The van der Waals surface area contributed by atoms with Gasteiger partial charge in [0, 0.05) is 37.9 Å². The van der Waals surface area contributed by atoms with E-state index in [0.29, 0.717) is 44.3 Å². The van der Waals surface area contributed by atoms with Crippen molar-refractivity contribution in [2.45, 2.75) is 126 Å². The van der Waals surface area contributed by atoms with Gasteiger partial charge in [-0.1, -0.05) is 12.5 Å². The zero-order valence-electron chi connectivity index (χ0n) is 41.6. The SMILES string of the molecule is NCCCC[C@H](NC(=O)[C@H](Cc1cnc[nH]1)NC(=O)[C@@H]1CCCN1C(=O)C(CCCN)=NC(=O)CNC(=O)[C@H](CCN)NC(=O)[C@@H](NC(=O)[C@@H](N)CCCCN)[C@@H](O)CN)C(=O)N/C(=C\CCN=C(N)N)C(=O)O. The molecule has 74 heavy (non-hydrogen) atoms. The summed E-state index contributed by atoms with van der Waals surface area (Å²) in [5, 5.41) is 35.0. The van der Waals surface area contributed by atoms with Gasteiger partial charge < -0.3 is 97.9 Å². The molecule has 1 aromatic heterocycles. The van der Waals surface area contributed by atoms with Crippen LogP contribution >= 0.6 is 0 Å². The number of nitrogens with one attached hydrogen (secondary N) is 7. The van der Waals surface area contributed by atoms with Crippen LogP contribution in [0.4, 0.5) is 0 Å². The van der Waals surface area contributed by atoms with E-state index in [1.807, 2.05) is 0 Å². The van der Waals surface area contributed by atoms with Gasteiger partial charge in [0.05, 0.1) is 25.0 Å². The van der Waals surface area contributed by atoms with Gasteiger partial charge >= 0.3 is 5.97 Å². The number of H-pyrrole nitrogens is 1. The highest BCUT2D eigenvalue weighted by Crippen LogP contribution is 2.20. The van der Waals surface area contributed by atoms with Gasteiger partial charge in [0.25, 0.3) is 11.8 Å². The maximum atomic E-state index is 14.1. The fourth-order valence-corrected chi connectivity index (χ4v) is 7.42. The number of aliphatic carboxylic acids is 1. The van der Waals surface area contributed by atoms with Gasteiger partial charge in [0.2, 0.25) is 35.4 Å². The summed E-state index contributed by atoms with van der Waals surface area (Å²) in [6.45, 7) is -0.487. The molecule has 0 saturated carbocycles. The van der Waals surface area contributed by atoms with Crippen molar-refractivity contribution in [2.24, 2.45) is 55.9 Å². The van der Waals surface area contributed by atoms with Crippen LogP contribution < -0.4 is 77.8 Å². The van der Waals surface area contributed by atoms with Crippen LogP contribution in [0, 0.1) is 0 Å². The average Bonchev–Trinajstić information content (AvgIpc) is 4.09. The van der Waals surface area contributed by atoms with E-state index >= 15 is 0 Å². The molecule has 2 heterocycles. The summed E-state index contributed by atoms with van der Waals surface area (Å²) in [6, 6.07) is -7.83. The van der Waals surface area contributed by atoms with Crippen molar-refractivity contribution < 1.29 is 53.4 Å². The molecule has 1 aliphatic rings. The number of hydrogen-bond acceptors (Lipinski definition) is 18. The summed E-state index contributed by atoms with van der Waals surface area (Å²) in [7, 11) is 0. The zero-order chi connectivity index (χ0) is 55.2. The van der Waals surface area contributed by atoms with Crippen LogP contribution in [0.15, 0.2) is 34.3 Å². The van der Waals surface area contributed by atoms with Crippen LogP contribution in [0.2, 0.25) is 0 Å². The predicted molar refractivity (Wildman–Crippen MR) is 270 cm³/mol. The highest BCUT2D eigenvalue weighted by molar-refractivity contribution is 6.40. The number of aromatic amines is 1. The first-order chi connectivity index (χ1) is 35.3. The van der Waals surface area contributed by atoms with Crippen molar-refractivity contribution in [3.63, 3.8) is 0 Å². The molecule has 2 rings (SSSR count). The minimum absolute atomic E-state index is 0.0364. The van der Waals surface area contributed by atoms with E-state index in [2.05, 4.69) is 51.9 Å². The molecule has 0 unspecified atom stereocenters. The third-order valence-corrected chi connectivity index (χ3v) is 11.4. The maximum absolute atomic E-state index is 14.1. The number of carboxylic acid groups (broad SMARTS) is 1. The Morgan fingerprint density at radius 2 is 1.46 bits per heavy atom. The Morgan fingerprint density at radius 3 is 2.07 bits per heavy atom. The second-order valence-corrected chi connectivity index (χ2v) is 17.2. The molecule has 0 aromatic carbocycles. The predicted octanol–water partition coefficient (Wildman–Crippen LogP) is -7.29. The van der Waals surface area contributed by atoms with Gasteiger partial charge in [-0.15, -0.1) is 0 Å². The maximum Gasteiger partial charge on any atom is 0.352 e. The number of carbonyl (C=O) groups excluding carboxylic acids is 8. The number of carbonyl (C=O) groups is 9. The van der Waals surface area contributed by atoms with Crippen molar-refractivity contribution in [3.05, 3.63) is 30.0 Å². The number of nitrogens with two attached hydrogens (primary N) is 8. The van der Waals surface area contributed by atoms with Crippen molar-refractivity contribution in [1.82, 2.24) is 46.8 Å². The van der Waals surface area contributed by atoms with E-state index in [1.165, 1.54) is 23.5 Å². The first-order valence-electron chi connectivity index (χ1n) is 24.4. The lowest BCUT2D eigenvalue weighted by Crippen LogP contribution is -2.61. The number of rotatable bonds is 35. The van der Waals surface area contributed by atoms with Gasteiger partial charge in [-0.2, -0.15) is 0 Å². The molecule has 30 nitrogen and oxygen atoms in total. The number of unbranched alkanes of at least 4 members (excludes halogenated alkanes) is 2. The van der Waals surface area contributed by atoms with Crippen molar-refractivity contribution in [1.29, 1.82) is 0 Å². The molecular weight excluding hydrogens is 971 g/mol. The lowest BCUT2D eigenvalue weighted by molar-refractivity contribution is -0.137. The molecule has 0 radical (unpaired) electrons. The Bertz CT molecular complexity index is 2100. The molecule has 0 aliphatic carbocycles. The Morgan fingerprint density at radius 1 is 0.797 bits per heavy atom. The first kappa shape index (κ1) is 63.2. The van der Waals surface area contributed by atoms with E-state index in [4.69, 9.17) is 45.9 Å². The van der Waals surface area contributed by atoms with Gasteiger partial charge in [-0.25, -0.2) is 14.8 Å². The number of imidazole rings is 1. The Labute approximate surface area is 428 Å². The average molecular weight is 1050 g/mol. The van der Waals surface area contributed by atoms with Crippen LogP contribution in [-0.2, 0) is 49.6 Å². The van der Waals surface area contributed by atoms with Gasteiger partial charge in [0.1, 0.15) is 41.6 Å². The molecule has 30 heteroatoms. The number of amides is 8. The van der Waals surface area contributed by atoms with Gasteiger partial charge in [-0.05, 0) is 96.8 Å². The lowest BCUT2D eigenvalue weighted by atomic mass is 10.1. The fourth-order valence-electron chi connectivity index (χ4n) is 7.42.